The molecule has 1 aromatic rings. The van der Waals surface area contributed by atoms with Crippen molar-refractivity contribution in [1.29, 1.82) is 0 Å². The summed E-state index contributed by atoms with van der Waals surface area (Å²) in [4.78, 5) is 22.8. The molecule has 0 radical (unpaired) electrons. The third kappa shape index (κ3) is 4.08. The number of nitrogens with one attached hydrogen (secondary N) is 2. The summed E-state index contributed by atoms with van der Waals surface area (Å²) in [7, 11) is 0. The van der Waals surface area contributed by atoms with Crippen molar-refractivity contribution in [3.8, 4) is 0 Å². The van der Waals surface area contributed by atoms with Crippen molar-refractivity contribution in [2.45, 2.75) is 26.8 Å². The first-order valence-electron chi connectivity index (χ1n) is 7.49. The maximum Gasteiger partial charge on any atom is 0.338 e. The van der Waals surface area contributed by atoms with Gasteiger partial charge in [0.15, 0.2) is 5.11 Å². The molecule has 24 heavy (non-hydrogen) atoms. The highest BCUT2D eigenvalue weighted by molar-refractivity contribution is 7.80. The quantitative estimate of drug-likeness (QED) is 0.365. The minimum atomic E-state index is -0.515. The van der Waals surface area contributed by atoms with E-state index in [-0.39, 0.29) is 11.6 Å². The molecular weight excluding hydrogens is 330 g/mol. The van der Waals surface area contributed by atoms with Gasteiger partial charge in [-0.1, -0.05) is 13.8 Å². The Labute approximate surface area is 145 Å². The molecule has 2 rings (SSSR count). The molecule has 1 aliphatic rings. The van der Waals surface area contributed by atoms with E-state index in [1.165, 1.54) is 12.1 Å². The lowest BCUT2D eigenvalue weighted by atomic mass is 9.95. The zero-order valence-corrected chi connectivity index (χ0v) is 14.5. The molecule has 0 saturated heterocycles. The average molecular weight is 349 g/mol. The van der Waals surface area contributed by atoms with Crippen LogP contribution in [0.4, 0.5) is 5.69 Å². The van der Waals surface area contributed by atoms with E-state index < -0.39 is 16.9 Å². The van der Waals surface area contributed by atoms with Crippen LogP contribution in [0.25, 0.3) is 0 Å². The molecule has 8 heteroatoms. The highest BCUT2D eigenvalue weighted by atomic mass is 32.1. The number of nitro groups is 1. The van der Waals surface area contributed by atoms with Gasteiger partial charge in [0.25, 0.3) is 5.69 Å². The van der Waals surface area contributed by atoms with Crippen molar-refractivity contribution in [3.63, 3.8) is 0 Å². The summed E-state index contributed by atoms with van der Waals surface area (Å²) >= 11 is 5.16. The predicted molar refractivity (Wildman–Crippen MR) is 93.2 cm³/mol. The summed E-state index contributed by atoms with van der Waals surface area (Å²) < 4.78 is 5.33. The van der Waals surface area contributed by atoms with Crippen LogP contribution in [0.15, 0.2) is 35.5 Å². The molecule has 1 heterocycles. The smallest absolute Gasteiger partial charge is 0.338 e. The monoisotopic (exact) mass is 349 g/mol. The summed E-state index contributed by atoms with van der Waals surface area (Å²) in [6.45, 7) is 5.97. The Kier molecular flexibility index (Phi) is 5.50. The molecule has 1 unspecified atom stereocenters. The van der Waals surface area contributed by atoms with Gasteiger partial charge < -0.3 is 15.4 Å². The molecule has 7 nitrogen and oxygen atoms in total. The number of non-ortho nitro benzene ring substituents is 1. The molecule has 0 bridgehead atoms. The van der Waals surface area contributed by atoms with E-state index in [2.05, 4.69) is 10.6 Å². The van der Waals surface area contributed by atoms with Crippen LogP contribution in [0.1, 0.15) is 32.4 Å². The standard InChI is InChI=1S/C16H19N3O4S/c1-9(2)8-23-15(20)13-10(3)17-16(24)18-14(13)11-4-6-12(7-5-11)19(21)22/h4-7,9,14H,8H2,1-3H3,(H2,17,18,24). The molecular formula is C16H19N3O4S. The zero-order valence-electron chi connectivity index (χ0n) is 13.7. The van der Waals surface area contributed by atoms with E-state index in [1.54, 1.807) is 19.1 Å². The molecule has 1 aliphatic heterocycles. The summed E-state index contributed by atoms with van der Waals surface area (Å²) in [5, 5.41) is 17.1. The van der Waals surface area contributed by atoms with Crippen molar-refractivity contribution in [2.75, 3.05) is 6.61 Å². The Hall–Kier alpha value is -2.48. The lowest BCUT2D eigenvalue weighted by molar-refractivity contribution is -0.384. The van der Waals surface area contributed by atoms with Gasteiger partial charge in [0.05, 0.1) is 23.1 Å². The molecule has 0 aliphatic carbocycles. The first-order chi connectivity index (χ1) is 11.3. The molecule has 0 spiro atoms. The van der Waals surface area contributed by atoms with Crippen molar-refractivity contribution in [2.24, 2.45) is 5.92 Å². The Morgan fingerprint density at radius 1 is 1.38 bits per heavy atom. The number of benzene rings is 1. The number of hydrogen-bond donors (Lipinski definition) is 2. The second kappa shape index (κ2) is 7.39. The topological polar surface area (TPSA) is 93.5 Å². The van der Waals surface area contributed by atoms with E-state index in [1.807, 2.05) is 13.8 Å². The van der Waals surface area contributed by atoms with Crippen LogP contribution in [0.5, 0.6) is 0 Å². The summed E-state index contributed by atoms with van der Waals surface area (Å²) in [5.74, 6) is -0.217. The van der Waals surface area contributed by atoms with E-state index in [0.29, 0.717) is 28.6 Å². The van der Waals surface area contributed by atoms with E-state index in [0.717, 1.165) is 0 Å². The number of nitrogens with zero attached hydrogens (tertiary/aromatic N) is 1. The predicted octanol–water partition coefficient (Wildman–Crippen LogP) is 2.59. The van der Waals surface area contributed by atoms with Gasteiger partial charge in [0.2, 0.25) is 0 Å². The largest absolute Gasteiger partial charge is 0.462 e. The molecule has 2 N–H and O–H groups in total. The number of ether oxygens (including phenoxy) is 1. The van der Waals surface area contributed by atoms with Gasteiger partial charge in [-0.25, -0.2) is 4.79 Å². The molecule has 0 aromatic heterocycles. The van der Waals surface area contributed by atoms with Crippen LogP contribution in [0.2, 0.25) is 0 Å². The number of esters is 1. The highest BCUT2D eigenvalue weighted by Gasteiger charge is 2.31. The van der Waals surface area contributed by atoms with Crippen LogP contribution in [-0.4, -0.2) is 22.6 Å². The fourth-order valence-electron chi connectivity index (χ4n) is 2.32. The molecule has 1 atom stereocenters. The van der Waals surface area contributed by atoms with Gasteiger partial charge in [-0.05, 0) is 42.8 Å². The fourth-order valence-corrected chi connectivity index (χ4v) is 2.59. The third-order valence-electron chi connectivity index (χ3n) is 3.47. The number of carbonyl (C=O) groups excluding carboxylic acids is 1. The number of carbonyl (C=O) groups is 1. The van der Waals surface area contributed by atoms with E-state index in [4.69, 9.17) is 17.0 Å². The van der Waals surface area contributed by atoms with Gasteiger partial charge in [-0.2, -0.15) is 0 Å². The summed E-state index contributed by atoms with van der Waals surface area (Å²) in [6.07, 6.45) is 0. The van der Waals surface area contributed by atoms with Crippen molar-refractivity contribution < 1.29 is 14.5 Å². The van der Waals surface area contributed by atoms with Crippen LogP contribution >= 0.6 is 12.2 Å². The Morgan fingerprint density at radius 2 is 2.00 bits per heavy atom. The fraction of sp³-hybridized carbons (Fsp3) is 0.375. The molecule has 0 saturated carbocycles. The highest BCUT2D eigenvalue weighted by Crippen LogP contribution is 2.29. The lowest BCUT2D eigenvalue weighted by Gasteiger charge is -2.30. The minimum absolute atomic E-state index is 0.0140. The number of rotatable bonds is 5. The maximum atomic E-state index is 12.5. The average Bonchev–Trinajstić information content (AvgIpc) is 2.52. The molecule has 0 fully saturated rings. The first kappa shape index (κ1) is 17.9. The van der Waals surface area contributed by atoms with E-state index in [9.17, 15) is 14.9 Å². The van der Waals surface area contributed by atoms with Crippen LogP contribution in [0, 0.1) is 16.0 Å². The number of allylic oxidation sites excluding steroid dienone is 1. The minimum Gasteiger partial charge on any atom is -0.462 e. The second-order valence-corrected chi connectivity index (χ2v) is 6.32. The third-order valence-corrected chi connectivity index (χ3v) is 3.69. The Bertz CT molecular complexity index is 698. The van der Waals surface area contributed by atoms with E-state index >= 15 is 0 Å². The number of hydrogen-bond acceptors (Lipinski definition) is 5. The Balaban J connectivity index is 2.33. The van der Waals surface area contributed by atoms with Gasteiger partial charge in [0, 0.05) is 17.8 Å². The number of nitro benzene ring substituents is 1. The van der Waals surface area contributed by atoms with Crippen molar-refractivity contribution >= 4 is 29.0 Å². The Morgan fingerprint density at radius 3 is 2.54 bits per heavy atom. The summed E-state index contributed by atoms with van der Waals surface area (Å²) in [5.41, 5.74) is 1.70. The molecule has 128 valence electrons. The first-order valence-corrected chi connectivity index (χ1v) is 7.90. The van der Waals surface area contributed by atoms with Crippen molar-refractivity contribution in [1.82, 2.24) is 10.6 Å². The van der Waals surface area contributed by atoms with Crippen molar-refractivity contribution in [3.05, 3.63) is 51.2 Å². The molecule has 1 aromatic carbocycles. The zero-order chi connectivity index (χ0) is 17.9. The molecule has 0 amide bonds. The van der Waals surface area contributed by atoms with Gasteiger partial charge in [-0.15, -0.1) is 0 Å². The maximum absolute atomic E-state index is 12.5. The van der Waals surface area contributed by atoms with Crippen LogP contribution in [-0.2, 0) is 9.53 Å². The number of thiocarbonyl (C=S) groups is 1. The van der Waals surface area contributed by atoms with Gasteiger partial charge >= 0.3 is 5.97 Å². The second-order valence-electron chi connectivity index (χ2n) is 5.91. The summed E-state index contributed by atoms with van der Waals surface area (Å²) in [6, 6.07) is 5.49. The van der Waals surface area contributed by atoms with Crippen LogP contribution in [0.3, 0.4) is 0 Å². The SMILES string of the molecule is CC1=C(C(=O)OCC(C)C)C(c2ccc([N+](=O)[O-])cc2)NC(=S)N1. The lowest BCUT2D eigenvalue weighted by Crippen LogP contribution is -2.45. The van der Waals surface area contributed by atoms with Gasteiger partial charge in [-0.3, -0.25) is 10.1 Å². The normalized spacial score (nSPS) is 17.3. The van der Waals surface area contributed by atoms with Gasteiger partial charge in [0.1, 0.15) is 0 Å². The van der Waals surface area contributed by atoms with Crippen LogP contribution < -0.4 is 10.6 Å².